The number of anilines is 1. The van der Waals surface area contributed by atoms with Gasteiger partial charge >= 0.3 is 0 Å². The molecule has 0 atom stereocenters. The van der Waals surface area contributed by atoms with E-state index in [9.17, 15) is 5.11 Å². The number of hydrogen-bond donors (Lipinski definition) is 4. The van der Waals surface area contributed by atoms with E-state index >= 15 is 0 Å². The summed E-state index contributed by atoms with van der Waals surface area (Å²) in [5.74, 6) is 6.59. The molecule has 7 nitrogen and oxygen atoms in total. The molecule has 9 heteroatoms. The van der Waals surface area contributed by atoms with Crippen LogP contribution in [0.4, 0.5) is 5.82 Å². The van der Waals surface area contributed by atoms with E-state index in [-0.39, 0.29) is 5.82 Å². The molecule has 1 aliphatic rings. The Kier molecular flexibility index (Phi) is 8.31. The van der Waals surface area contributed by atoms with Gasteiger partial charge in [0.05, 0.1) is 5.40 Å². The van der Waals surface area contributed by atoms with Crippen LogP contribution in [0.3, 0.4) is 0 Å². The minimum absolute atomic E-state index is 0.285. The van der Waals surface area contributed by atoms with Crippen molar-refractivity contribution in [3.05, 3.63) is 59.4 Å². The van der Waals surface area contributed by atoms with Crippen molar-refractivity contribution in [2.75, 3.05) is 25.9 Å². The molecule has 1 aromatic heterocycles. The number of aromatic nitrogens is 1. The Balaban J connectivity index is 1.80. The van der Waals surface area contributed by atoms with Crippen molar-refractivity contribution >= 4 is 33.3 Å². The minimum Gasteiger partial charge on any atom is -0.497 e. The van der Waals surface area contributed by atoms with E-state index in [1.165, 1.54) is 6.21 Å². The van der Waals surface area contributed by atoms with Gasteiger partial charge in [-0.2, -0.15) is 0 Å². The predicted molar refractivity (Wildman–Crippen MR) is 148 cm³/mol. The number of ether oxygens (including phenoxy) is 1. The standard InChI is InChI=1S/C26H35B2N5O2/c1-25(2,34)10-7-18-5-4-6-21(13-18)26(27,28)35-23-14-19(16-32-24(23)30)20(15-29)17-31-22-8-11-33(3)12-9-22/h4-6,13-17,22,29,31,34H,8-9,11-12,27-28H2,1-3H3,(H2,30,32)/b20-17+,29-15?. The fourth-order valence-electron chi connectivity index (χ4n) is 3.82. The molecule has 1 saturated heterocycles. The first-order chi connectivity index (χ1) is 16.5. The Hall–Kier alpha value is -3.21. The summed E-state index contributed by atoms with van der Waals surface area (Å²) in [7, 11) is 6.05. The van der Waals surface area contributed by atoms with Crippen LogP contribution in [0.5, 0.6) is 5.75 Å². The highest BCUT2D eigenvalue weighted by Gasteiger charge is 2.25. The Bertz CT molecular complexity index is 1140. The van der Waals surface area contributed by atoms with Gasteiger partial charge < -0.3 is 31.2 Å². The fraction of sp³-hybridized carbons (Fsp3) is 0.385. The number of likely N-dealkylation sites (tertiary alicyclic amines) is 1. The lowest BCUT2D eigenvalue weighted by Gasteiger charge is -2.29. The number of piperidine rings is 1. The van der Waals surface area contributed by atoms with E-state index in [4.69, 9.17) is 15.9 Å². The summed E-state index contributed by atoms with van der Waals surface area (Å²) in [6, 6.07) is 9.95. The van der Waals surface area contributed by atoms with Gasteiger partial charge in [-0.15, -0.1) is 0 Å². The maximum Gasteiger partial charge on any atom is 0.166 e. The number of benzene rings is 1. The Labute approximate surface area is 210 Å². The molecule has 3 rings (SSSR count). The summed E-state index contributed by atoms with van der Waals surface area (Å²) in [6.07, 6.45) is 7.00. The van der Waals surface area contributed by atoms with Crippen LogP contribution in [0.15, 0.2) is 42.7 Å². The molecule has 2 aromatic rings. The summed E-state index contributed by atoms with van der Waals surface area (Å²) >= 11 is 0. The monoisotopic (exact) mass is 471 g/mol. The molecule has 0 bridgehead atoms. The summed E-state index contributed by atoms with van der Waals surface area (Å²) in [5, 5.41) is 20.6. The largest absolute Gasteiger partial charge is 0.497 e. The third-order valence-corrected chi connectivity index (χ3v) is 6.00. The van der Waals surface area contributed by atoms with Gasteiger partial charge in [0.2, 0.25) is 0 Å². The third-order valence-electron chi connectivity index (χ3n) is 6.00. The van der Waals surface area contributed by atoms with Crippen LogP contribution in [0.1, 0.15) is 43.4 Å². The number of nitrogens with two attached hydrogens (primary N) is 1. The minimum atomic E-state index is -1.06. The van der Waals surface area contributed by atoms with Gasteiger partial charge in [-0.05, 0) is 70.6 Å². The van der Waals surface area contributed by atoms with E-state index in [1.54, 1.807) is 20.0 Å². The summed E-state index contributed by atoms with van der Waals surface area (Å²) < 4.78 is 6.35. The van der Waals surface area contributed by atoms with Gasteiger partial charge in [0, 0.05) is 41.4 Å². The SMILES string of the molecule is BC(B)(Oc1cc(/C(C=N)=C/NC2CCN(C)CC2)cnc1N)c1cccc(C#CC(C)(C)O)c1. The second kappa shape index (κ2) is 11.0. The molecule has 0 unspecified atom stereocenters. The second-order valence-electron chi connectivity index (χ2n) is 10.1. The second-order valence-corrected chi connectivity index (χ2v) is 10.1. The molecule has 182 valence electrons. The quantitative estimate of drug-likeness (QED) is 0.272. The van der Waals surface area contributed by atoms with Gasteiger partial charge in [0.15, 0.2) is 27.3 Å². The van der Waals surface area contributed by atoms with Crippen LogP contribution in [-0.4, -0.2) is 68.7 Å². The van der Waals surface area contributed by atoms with E-state index < -0.39 is 11.0 Å². The van der Waals surface area contributed by atoms with E-state index in [0.29, 0.717) is 17.4 Å². The molecule has 0 radical (unpaired) electrons. The molecule has 0 spiro atoms. The van der Waals surface area contributed by atoms with Crippen LogP contribution in [0, 0.1) is 17.3 Å². The Morgan fingerprint density at radius 1 is 1.31 bits per heavy atom. The molecule has 1 fully saturated rings. The lowest BCUT2D eigenvalue weighted by atomic mass is 9.61. The molecule has 0 amide bonds. The highest BCUT2D eigenvalue weighted by atomic mass is 16.5. The zero-order valence-electron chi connectivity index (χ0n) is 21.4. The van der Waals surface area contributed by atoms with Crippen molar-refractivity contribution in [2.45, 2.75) is 43.7 Å². The fourth-order valence-corrected chi connectivity index (χ4v) is 3.82. The topological polar surface area (TPSA) is 107 Å². The average Bonchev–Trinajstić information content (AvgIpc) is 2.81. The van der Waals surface area contributed by atoms with Crippen molar-refractivity contribution in [1.82, 2.24) is 15.2 Å². The third kappa shape index (κ3) is 7.64. The average molecular weight is 471 g/mol. The lowest BCUT2D eigenvalue weighted by Crippen LogP contribution is -2.38. The number of nitrogen functional groups attached to an aromatic ring is 1. The number of rotatable bonds is 7. The van der Waals surface area contributed by atoms with E-state index in [2.05, 4.69) is 34.1 Å². The van der Waals surface area contributed by atoms with Gasteiger partial charge in [-0.25, -0.2) is 4.98 Å². The van der Waals surface area contributed by atoms with E-state index in [1.807, 2.05) is 52.2 Å². The molecule has 1 aliphatic heterocycles. The molecule has 0 saturated carbocycles. The first-order valence-corrected chi connectivity index (χ1v) is 11.9. The number of allylic oxidation sites excluding steroid dienone is 1. The Morgan fingerprint density at radius 3 is 2.69 bits per heavy atom. The normalized spacial score (nSPS) is 15.7. The first-order valence-electron chi connectivity index (χ1n) is 11.9. The molecule has 1 aromatic carbocycles. The lowest BCUT2D eigenvalue weighted by molar-refractivity contribution is 0.143. The number of hydrogen-bond acceptors (Lipinski definition) is 7. The van der Waals surface area contributed by atoms with Crippen molar-refractivity contribution in [3.8, 4) is 17.6 Å². The van der Waals surface area contributed by atoms with Crippen LogP contribution < -0.4 is 15.8 Å². The van der Waals surface area contributed by atoms with Crippen LogP contribution in [-0.2, 0) is 5.40 Å². The summed E-state index contributed by atoms with van der Waals surface area (Å²) in [4.78, 5) is 6.65. The zero-order chi connectivity index (χ0) is 25.6. The Morgan fingerprint density at radius 2 is 2.03 bits per heavy atom. The highest BCUT2D eigenvalue weighted by molar-refractivity contribution is 6.39. The number of aliphatic hydroxyl groups is 1. The van der Waals surface area contributed by atoms with E-state index in [0.717, 1.165) is 42.6 Å². The maximum atomic E-state index is 9.90. The molecule has 5 N–H and O–H groups in total. The predicted octanol–water partition coefficient (Wildman–Crippen LogP) is 0.916. The molecule has 2 heterocycles. The molecular formula is C26H35B2N5O2. The van der Waals surface area contributed by atoms with Gasteiger partial charge in [-0.3, -0.25) is 0 Å². The van der Waals surface area contributed by atoms with Crippen LogP contribution in [0.2, 0.25) is 0 Å². The van der Waals surface area contributed by atoms with Crippen LogP contribution in [0.25, 0.3) is 5.57 Å². The summed E-state index contributed by atoms with van der Waals surface area (Å²) in [5.41, 5.74) is 8.26. The van der Waals surface area contributed by atoms with Crippen molar-refractivity contribution in [1.29, 1.82) is 5.41 Å². The van der Waals surface area contributed by atoms with Crippen molar-refractivity contribution in [2.24, 2.45) is 0 Å². The molecule has 35 heavy (non-hydrogen) atoms. The highest BCUT2D eigenvalue weighted by Crippen LogP contribution is 2.29. The zero-order valence-corrected chi connectivity index (χ0v) is 21.4. The number of pyridine rings is 1. The number of nitrogens with one attached hydrogen (secondary N) is 2. The van der Waals surface area contributed by atoms with Crippen molar-refractivity contribution in [3.63, 3.8) is 0 Å². The van der Waals surface area contributed by atoms with Gasteiger partial charge in [-0.1, -0.05) is 24.0 Å². The maximum absolute atomic E-state index is 9.90. The van der Waals surface area contributed by atoms with Gasteiger partial charge in [0.1, 0.15) is 5.60 Å². The van der Waals surface area contributed by atoms with Gasteiger partial charge in [0.25, 0.3) is 0 Å². The number of nitrogens with zero attached hydrogens (tertiary/aromatic N) is 2. The first kappa shape index (κ1) is 26.4. The summed E-state index contributed by atoms with van der Waals surface area (Å²) in [6.45, 7) is 5.43. The molecule has 0 aliphatic carbocycles. The van der Waals surface area contributed by atoms with Crippen molar-refractivity contribution < 1.29 is 9.84 Å². The molecular weight excluding hydrogens is 436 g/mol. The smallest absolute Gasteiger partial charge is 0.166 e. The van der Waals surface area contributed by atoms with Crippen LogP contribution >= 0.6 is 0 Å².